The first kappa shape index (κ1) is 24.7. The quantitative estimate of drug-likeness (QED) is 0.341. The molecular formula is C25H21F2N7O4. The third-order valence-corrected chi connectivity index (χ3v) is 6.17. The number of aromatic nitrogens is 4. The third-order valence-electron chi connectivity index (χ3n) is 6.17. The Kier molecular flexibility index (Phi) is 6.64. The number of amides is 4. The summed E-state index contributed by atoms with van der Waals surface area (Å²) in [6.07, 6.45) is 3.36. The Bertz CT molecular complexity index is 1520. The number of aryl methyl sites for hydroxylation is 1. The van der Waals surface area contributed by atoms with Crippen LogP contribution in [-0.4, -0.2) is 55.9 Å². The van der Waals surface area contributed by atoms with Crippen molar-refractivity contribution < 1.29 is 27.9 Å². The zero-order valence-electron chi connectivity index (χ0n) is 20.0. The number of carbonyl (C=O) groups is 3. The Labute approximate surface area is 214 Å². The molecule has 0 aliphatic carbocycles. The minimum atomic E-state index is -3.01. The maximum atomic E-state index is 13.1. The van der Waals surface area contributed by atoms with Crippen molar-refractivity contribution in [2.24, 2.45) is 7.05 Å². The van der Waals surface area contributed by atoms with E-state index in [4.69, 9.17) is 0 Å². The summed E-state index contributed by atoms with van der Waals surface area (Å²) < 4.78 is 31.4. The summed E-state index contributed by atoms with van der Waals surface area (Å²) in [4.78, 5) is 50.5. The lowest BCUT2D eigenvalue weighted by atomic mass is 10.0. The maximum Gasteiger partial charge on any atom is 0.387 e. The predicted octanol–water partition coefficient (Wildman–Crippen LogP) is 2.78. The number of rotatable bonds is 8. The Morgan fingerprint density at radius 2 is 1.95 bits per heavy atom. The highest BCUT2D eigenvalue weighted by atomic mass is 19.3. The minimum Gasteiger partial charge on any atom is -0.435 e. The summed E-state index contributed by atoms with van der Waals surface area (Å²) in [6, 6.07) is 9.96. The molecule has 1 aliphatic rings. The number of hydrogen-bond donors (Lipinski definition) is 2. The lowest BCUT2D eigenvalue weighted by Gasteiger charge is -2.25. The molecule has 194 valence electrons. The van der Waals surface area contributed by atoms with Crippen LogP contribution >= 0.6 is 0 Å². The van der Waals surface area contributed by atoms with Crippen molar-refractivity contribution >= 4 is 29.5 Å². The highest BCUT2D eigenvalue weighted by Crippen LogP contribution is 2.30. The molecule has 0 saturated heterocycles. The molecule has 0 bridgehead atoms. The Morgan fingerprint density at radius 3 is 2.68 bits per heavy atom. The van der Waals surface area contributed by atoms with Crippen LogP contribution in [0.25, 0.3) is 22.4 Å². The molecule has 0 fully saturated rings. The van der Waals surface area contributed by atoms with Crippen LogP contribution in [0.4, 0.5) is 13.6 Å². The summed E-state index contributed by atoms with van der Waals surface area (Å²) >= 11 is 0. The second kappa shape index (κ2) is 10.2. The van der Waals surface area contributed by atoms with E-state index in [0.717, 1.165) is 5.56 Å². The SMILES string of the molecule is Cn1cnc2c(-c3ccc([C@H](CN4Cc5ccc(OC(F)F)cc5C4=O)NC(=O)NC=O)cc3)ncnc21. The molecule has 3 heterocycles. The number of nitrogens with zero attached hydrogens (tertiary/aromatic N) is 5. The van der Waals surface area contributed by atoms with Gasteiger partial charge in [0.25, 0.3) is 5.91 Å². The molecule has 4 amide bonds. The van der Waals surface area contributed by atoms with Crippen molar-refractivity contribution in [3.8, 4) is 17.0 Å². The molecule has 13 heteroatoms. The van der Waals surface area contributed by atoms with Crippen LogP contribution in [0.1, 0.15) is 27.5 Å². The van der Waals surface area contributed by atoms with E-state index in [0.29, 0.717) is 28.0 Å². The van der Waals surface area contributed by atoms with Crippen LogP contribution in [0.3, 0.4) is 0 Å². The van der Waals surface area contributed by atoms with E-state index in [1.165, 1.54) is 23.4 Å². The van der Waals surface area contributed by atoms with E-state index < -0.39 is 24.6 Å². The topological polar surface area (TPSA) is 131 Å². The van der Waals surface area contributed by atoms with Gasteiger partial charge in [-0.25, -0.2) is 19.7 Å². The van der Waals surface area contributed by atoms with E-state index >= 15 is 0 Å². The van der Waals surface area contributed by atoms with Gasteiger partial charge in [0.05, 0.1) is 12.4 Å². The highest BCUT2D eigenvalue weighted by Gasteiger charge is 2.31. The summed E-state index contributed by atoms with van der Waals surface area (Å²) in [5, 5.41) is 4.73. The van der Waals surface area contributed by atoms with Gasteiger partial charge >= 0.3 is 12.6 Å². The molecule has 1 atom stereocenters. The van der Waals surface area contributed by atoms with Crippen molar-refractivity contribution in [2.75, 3.05) is 6.54 Å². The fourth-order valence-electron chi connectivity index (χ4n) is 4.40. The summed E-state index contributed by atoms with van der Waals surface area (Å²) in [7, 11) is 1.83. The summed E-state index contributed by atoms with van der Waals surface area (Å²) in [5.41, 5.74) is 4.27. The minimum absolute atomic E-state index is 0.0577. The van der Waals surface area contributed by atoms with Crippen molar-refractivity contribution in [3.05, 3.63) is 71.8 Å². The van der Waals surface area contributed by atoms with Crippen molar-refractivity contribution in [3.63, 3.8) is 0 Å². The van der Waals surface area contributed by atoms with E-state index in [2.05, 4.69) is 25.0 Å². The van der Waals surface area contributed by atoms with Crippen LogP contribution in [-0.2, 0) is 18.4 Å². The van der Waals surface area contributed by atoms with Gasteiger partial charge < -0.3 is 19.5 Å². The Morgan fingerprint density at radius 1 is 1.16 bits per heavy atom. The fraction of sp³-hybridized carbons (Fsp3) is 0.200. The number of benzene rings is 2. The van der Waals surface area contributed by atoms with Gasteiger partial charge in [0.15, 0.2) is 5.65 Å². The number of ether oxygens (including phenoxy) is 1. The molecule has 2 aromatic carbocycles. The molecule has 0 spiro atoms. The summed E-state index contributed by atoms with van der Waals surface area (Å²) in [5.74, 6) is -0.506. The van der Waals surface area contributed by atoms with Gasteiger partial charge in [0, 0.05) is 31.3 Å². The molecule has 0 radical (unpaired) electrons. The van der Waals surface area contributed by atoms with Gasteiger partial charge in [-0.3, -0.25) is 14.9 Å². The molecule has 38 heavy (non-hydrogen) atoms. The monoisotopic (exact) mass is 521 g/mol. The van der Waals surface area contributed by atoms with Gasteiger partial charge in [-0.15, -0.1) is 0 Å². The highest BCUT2D eigenvalue weighted by molar-refractivity contribution is 5.98. The third kappa shape index (κ3) is 4.85. The lowest BCUT2D eigenvalue weighted by molar-refractivity contribution is -0.108. The smallest absolute Gasteiger partial charge is 0.387 e. The molecule has 5 rings (SSSR count). The number of fused-ring (bicyclic) bond motifs is 2. The van der Waals surface area contributed by atoms with Crippen molar-refractivity contribution in [2.45, 2.75) is 19.2 Å². The largest absolute Gasteiger partial charge is 0.435 e. The zero-order valence-corrected chi connectivity index (χ0v) is 20.0. The van der Waals surface area contributed by atoms with Gasteiger partial charge in [0.1, 0.15) is 23.3 Å². The molecule has 2 aromatic heterocycles. The standard InChI is InChI=1S/C25H21F2N7O4/c1-33-12-30-21-20(28-11-29-22(21)33)15-4-2-14(3-5-15)19(32-25(37)31-13-35)10-34-9-16-6-7-17(38-24(26)27)8-18(16)23(34)36/h2-8,11-13,19,24H,9-10H2,1H3,(H2,31,32,35,37)/t19-/m0/s1. The average Bonchev–Trinajstić information content (AvgIpc) is 3.43. The van der Waals surface area contributed by atoms with Crippen LogP contribution in [0.5, 0.6) is 5.75 Å². The lowest BCUT2D eigenvalue weighted by Crippen LogP contribution is -2.42. The molecular weight excluding hydrogens is 500 g/mol. The molecule has 2 N–H and O–H groups in total. The molecule has 0 unspecified atom stereocenters. The first-order valence-corrected chi connectivity index (χ1v) is 11.4. The van der Waals surface area contributed by atoms with E-state index in [1.54, 1.807) is 29.1 Å². The van der Waals surface area contributed by atoms with Crippen LogP contribution < -0.4 is 15.4 Å². The summed E-state index contributed by atoms with van der Waals surface area (Å²) in [6.45, 7) is -2.74. The molecule has 1 aliphatic heterocycles. The average molecular weight is 521 g/mol. The molecule has 0 saturated carbocycles. The van der Waals surface area contributed by atoms with E-state index in [1.807, 2.05) is 24.5 Å². The van der Waals surface area contributed by atoms with Crippen LogP contribution in [0.2, 0.25) is 0 Å². The Balaban J connectivity index is 1.40. The number of nitrogens with one attached hydrogen (secondary N) is 2. The van der Waals surface area contributed by atoms with E-state index in [9.17, 15) is 23.2 Å². The number of urea groups is 1. The van der Waals surface area contributed by atoms with E-state index in [-0.39, 0.29) is 30.8 Å². The second-order valence-electron chi connectivity index (χ2n) is 8.54. The maximum absolute atomic E-state index is 13.1. The first-order valence-electron chi connectivity index (χ1n) is 11.4. The second-order valence-corrected chi connectivity index (χ2v) is 8.54. The van der Waals surface area contributed by atoms with Crippen LogP contribution in [0, 0.1) is 0 Å². The number of hydrogen-bond acceptors (Lipinski definition) is 7. The van der Waals surface area contributed by atoms with Gasteiger partial charge in [0.2, 0.25) is 6.41 Å². The van der Waals surface area contributed by atoms with Crippen molar-refractivity contribution in [1.82, 2.24) is 35.1 Å². The van der Waals surface area contributed by atoms with Crippen molar-refractivity contribution in [1.29, 1.82) is 0 Å². The number of alkyl halides is 2. The molecule has 11 nitrogen and oxygen atoms in total. The van der Waals surface area contributed by atoms with Gasteiger partial charge in [-0.05, 0) is 23.3 Å². The van der Waals surface area contributed by atoms with Crippen LogP contribution in [0.15, 0.2) is 55.1 Å². The zero-order chi connectivity index (χ0) is 26.8. The Hall–Kier alpha value is -4.94. The van der Waals surface area contributed by atoms with Gasteiger partial charge in [-0.1, -0.05) is 30.3 Å². The number of halogens is 2. The van der Waals surface area contributed by atoms with Gasteiger partial charge in [-0.2, -0.15) is 8.78 Å². The first-order chi connectivity index (χ1) is 18.3. The normalized spacial score (nSPS) is 13.5. The number of carbonyl (C=O) groups excluding carboxylic acids is 3. The predicted molar refractivity (Wildman–Crippen MR) is 130 cm³/mol. The number of imidazole rings is 1. The number of imide groups is 1. The molecule has 4 aromatic rings. The fourth-order valence-corrected chi connectivity index (χ4v) is 4.40.